The van der Waals surface area contributed by atoms with E-state index in [2.05, 4.69) is 0 Å². The summed E-state index contributed by atoms with van der Waals surface area (Å²) >= 11 is 0. The Hall–Kier alpha value is -3.53. The molecule has 1 saturated carbocycles. The second kappa shape index (κ2) is 10.6. The van der Waals surface area contributed by atoms with Crippen molar-refractivity contribution in [1.82, 2.24) is 0 Å². The van der Waals surface area contributed by atoms with Gasteiger partial charge in [-0.1, -0.05) is 6.92 Å². The van der Waals surface area contributed by atoms with Crippen molar-refractivity contribution < 1.29 is 36.3 Å². The molecule has 0 amide bonds. The number of sulfonamides is 1. The number of nitrogens with zero attached hydrogens (tertiary/aromatic N) is 1. The third-order valence-corrected chi connectivity index (χ3v) is 8.05. The number of furan rings is 1. The van der Waals surface area contributed by atoms with Crippen LogP contribution < -0.4 is 4.31 Å². The van der Waals surface area contributed by atoms with Gasteiger partial charge in [-0.25, -0.2) is 12.8 Å². The van der Waals surface area contributed by atoms with Crippen LogP contribution in [0.1, 0.15) is 68.3 Å². The van der Waals surface area contributed by atoms with Crippen molar-refractivity contribution >= 4 is 44.2 Å². The number of benzene rings is 2. The van der Waals surface area contributed by atoms with Crippen LogP contribution in [0.15, 0.2) is 40.8 Å². The van der Waals surface area contributed by atoms with Crippen molar-refractivity contribution in [2.24, 2.45) is 5.41 Å². The van der Waals surface area contributed by atoms with Crippen molar-refractivity contribution in [3.8, 4) is 11.3 Å². The standard InChI is InChI=1S/C29H32FNO7S/c1-6-24(33)26-22-13-21(17-7-8-17)23(14-25(22)38-27(26)18-9-11-19(30)12-10-18)31(39(5,35)36)16-20(32)15-29(2,3)28(34)37-4/h9-14,17H,6-8,15-16H2,1-5H3. The normalized spacial score (nSPS) is 13.9. The first-order valence-electron chi connectivity index (χ1n) is 12.7. The van der Waals surface area contributed by atoms with Crippen molar-refractivity contribution in [3.05, 3.63) is 53.3 Å². The van der Waals surface area contributed by atoms with Gasteiger partial charge in [0.2, 0.25) is 10.0 Å². The lowest BCUT2D eigenvalue weighted by molar-refractivity contribution is -0.152. The van der Waals surface area contributed by atoms with Gasteiger partial charge in [0.1, 0.15) is 17.2 Å². The number of rotatable bonds is 11. The maximum Gasteiger partial charge on any atom is 0.311 e. The fourth-order valence-electron chi connectivity index (χ4n) is 4.78. The summed E-state index contributed by atoms with van der Waals surface area (Å²) in [4.78, 5) is 38.2. The Kier molecular flexibility index (Phi) is 7.71. The summed E-state index contributed by atoms with van der Waals surface area (Å²) in [6.45, 7) is 4.39. The Morgan fingerprint density at radius 3 is 2.31 bits per heavy atom. The number of ether oxygens (including phenoxy) is 1. The largest absolute Gasteiger partial charge is 0.469 e. The summed E-state index contributed by atoms with van der Waals surface area (Å²) in [6.07, 6.45) is 2.68. The lowest BCUT2D eigenvalue weighted by Crippen LogP contribution is -2.38. The smallest absolute Gasteiger partial charge is 0.311 e. The zero-order valence-corrected chi connectivity index (χ0v) is 23.5. The van der Waals surface area contributed by atoms with E-state index in [-0.39, 0.29) is 35.9 Å². The first-order valence-corrected chi connectivity index (χ1v) is 14.6. The first kappa shape index (κ1) is 28.5. The molecular weight excluding hydrogens is 525 g/mol. The van der Waals surface area contributed by atoms with Gasteiger partial charge in [0.05, 0.1) is 36.6 Å². The first-order chi connectivity index (χ1) is 18.3. The Morgan fingerprint density at radius 1 is 1.13 bits per heavy atom. The molecule has 0 atom stereocenters. The molecule has 4 rings (SSSR count). The molecule has 39 heavy (non-hydrogen) atoms. The topological polar surface area (TPSA) is 111 Å². The van der Waals surface area contributed by atoms with Gasteiger partial charge >= 0.3 is 5.97 Å². The molecule has 0 N–H and O–H groups in total. The summed E-state index contributed by atoms with van der Waals surface area (Å²) < 4.78 is 51.5. The maximum atomic E-state index is 13.6. The number of methoxy groups -OCH3 is 1. The Balaban J connectivity index is 1.86. The monoisotopic (exact) mass is 557 g/mol. The summed E-state index contributed by atoms with van der Waals surface area (Å²) in [5, 5.41) is 0.540. The molecule has 8 nitrogen and oxygen atoms in total. The number of esters is 1. The van der Waals surface area contributed by atoms with E-state index < -0.39 is 39.6 Å². The lowest BCUT2D eigenvalue weighted by atomic mass is 9.87. The van der Waals surface area contributed by atoms with Gasteiger partial charge in [0.25, 0.3) is 0 Å². The number of ketones is 2. The molecule has 0 aliphatic heterocycles. The zero-order valence-electron chi connectivity index (χ0n) is 22.7. The van der Waals surface area contributed by atoms with E-state index >= 15 is 0 Å². The van der Waals surface area contributed by atoms with E-state index in [1.807, 2.05) is 0 Å². The molecule has 0 bridgehead atoms. The van der Waals surface area contributed by atoms with Gasteiger partial charge in [0.15, 0.2) is 11.6 Å². The number of anilines is 1. The molecule has 208 valence electrons. The van der Waals surface area contributed by atoms with E-state index in [1.165, 1.54) is 31.4 Å². The van der Waals surface area contributed by atoms with Crippen LogP contribution in [0.25, 0.3) is 22.3 Å². The van der Waals surface area contributed by atoms with E-state index in [1.54, 1.807) is 32.9 Å². The molecule has 0 unspecified atom stereocenters. The molecule has 1 aliphatic rings. The molecule has 1 fully saturated rings. The predicted molar refractivity (Wildman–Crippen MR) is 146 cm³/mol. The quantitative estimate of drug-likeness (QED) is 0.222. The number of hydrogen-bond donors (Lipinski definition) is 0. The SMILES string of the molecule is CCC(=O)c1c(-c2ccc(F)cc2)oc2cc(N(CC(=O)CC(C)(C)C(=O)OC)S(C)(=O)=O)c(C3CC3)cc12. The van der Waals surface area contributed by atoms with Gasteiger partial charge in [-0.2, -0.15) is 0 Å². The third kappa shape index (κ3) is 5.90. The predicted octanol–water partition coefficient (Wildman–Crippen LogP) is 5.63. The summed E-state index contributed by atoms with van der Waals surface area (Å²) in [5.41, 5.74) is 1.02. The fourth-order valence-corrected chi connectivity index (χ4v) is 5.68. The van der Waals surface area contributed by atoms with Crippen LogP contribution in [0.3, 0.4) is 0 Å². The molecule has 1 heterocycles. The minimum Gasteiger partial charge on any atom is -0.469 e. The average Bonchev–Trinajstić information content (AvgIpc) is 3.65. The number of carbonyl (C=O) groups is 3. The minimum atomic E-state index is -3.93. The molecule has 0 spiro atoms. The molecule has 1 aromatic heterocycles. The number of Topliss-reactive ketones (excluding diaryl/α,β-unsaturated/α-hetero) is 2. The van der Waals surface area contributed by atoms with Crippen molar-refractivity contribution in [1.29, 1.82) is 0 Å². The van der Waals surface area contributed by atoms with Gasteiger partial charge in [-0.3, -0.25) is 18.7 Å². The Bertz CT molecular complexity index is 1550. The van der Waals surface area contributed by atoms with Crippen LogP contribution in [0.5, 0.6) is 0 Å². The minimum absolute atomic E-state index is 0.0593. The van der Waals surface area contributed by atoms with E-state index in [0.29, 0.717) is 27.8 Å². The van der Waals surface area contributed by atoms with Crippen molar-refractivity contribution in [2.75, 3.05) is 24.2 Å². The van der Waals surface area contributed by atoms with E-state index in [0.717, 1.165) is 23.4 Å². The van der Waals surface area contributed by atoms with Gasteiger partial charge in [-0.05, 0) is 68.5 Å². The lowest BCUT2D eigenvalue weighted by Gasteiger charge is -2.26. The van der Waals surface area contributed by atoms with E-state index in [9.17, 15) is 27.2 Å². The van der Waals surface area contributed by atoms with Crippen LogP contribution >= 0.6 is 0 Å². The number of halogens is 1. The summed E-state index contributed by atoms with van der Waals surface area (Å²) in [6, 6.07) is 8.93. The van der Waals surface area contributed by atoms with E-state index in [4.69, 9.17) is 9.15 Å². The fraction of sp³-hybridized carbons (Fsp3) is 0.414. The maximum absolute atomic E-state index is 13.6. The number of fused-ring (bicyclic) bond motifs is 1. The van der Waals surface area contributed by atoms with Crippen LogP contribution in [0, 0.1) is 11.2 Å². The van der Waals surface area contributed by atoms with Crippen molar-refractivity contribution in [2.45, 2.75) is 52.4 Å². The van der Waals surface area contributed by atoms with Crippen LogP contribution in [-0.4, -0.2) is 45.9 Å². The summed E-state index contributed by atoms with van der Waals surface area (Å²) in [7, 11) is -2.69. The van der Waals surface area contributed by atoms with Gasteiger partial charge in [0, 0.05) is 29.9 Å². The molecule has 1 aliphatic carbocycles. The molecule has 10 heteroatoms. The zero-order chi connectivity index (χ0) is 28.7. The molecule has 0 saturated heterocycles. The highest BCUT2D eigenvalue weighted by molar-refractivity contribution is 7.92. The Labute approximate surface area is 227 Å². The molecule has 2 aromatic carbocycles. The number of carbonyl (C=O) groups excluding carboxylic acids is 3. The molecular formula is C29H32FNO7S. The third-order valence-electron chi connectivity index (χ3n) is 6.93. The van der Waals surface area contributed by atoms with Crippen LogP contribution in [-0.2, 0) is 24.3 Å². The van der Waals surface area contributed by atoms with Crippen LogP contribution in [0.2, 0.25) is 0 Å². The second-order valence-electron chi connectivity index (χ2n) is 10.6. The highest BCUT2D eigenvalue weighted by Crippen LogP contribution is 2.48. The van der Waals surface area contributed by atoms with Gasteiger partial charge in [-0.15, -0.1) is 0 Å². The van der Waals surface area contributed by atoms with Gasteiger partial charge < -0.3 is 9.15 Å². The number of hydrogen-bond acceptors (Lipinski definition) is 7. The highest BCUT2D eigenvalue weighted by Gasteiger charge is 2.36. The van der Waals surface area contributed by atoms with Crippen LogP contribution in [0.4, 0.5) is 10.1 Å². The second-order valence-corrected chi connectivity index (χ2v) is 12.5. The van der Waals surface area contributed by atoms with Crippen molar-refractivity contribution in [3.63, 3.8) is 0 Å². The average molecular weight is 558 g/mol. The Morgan fingerprint density at radius 2 is 1.77 bits per heavy atom. The highest BCUT2D eigenvalue weighted by atomic mass is 32.2. The summed E-state index contributed by atoms with van der Waals surface area (Å²) in [5.74, 6) is -1.28. The molecule has 3 aromatic rings. The molecule has 0 radical (unpaired) electrons.